The van der Waals surface area contributed by atoms with Gasteiger partial charge in [-0.3, -0.25) is 0 Å². The van der Waals surface area contributed by atoms with Gasteiger partial charge < -0.3 is 20.5 Å². The Kier molecular flexibility index (Phi) is 5.03. The van der Waals surface area contributed by atoms with Crippen LogP contribution in [0.2, 0.25) is 0 Å². The Hall–Kier alpha value is -1.96. The predicted octanol–water partition coefficient (Wildman–Crippen LogP) is 3.26. The third-order valence-corrected chi connectivity index (χ3v) is 4.07. The molecule has 1 fully saturated rings. The summed E-state index contributed by atoms with van der Waals surface area (Å²) in [6, 6.07) is 4.35. The number of anilines is 1. The third-order valence-electron chi connectivity index (χ3n) is 4.07. The van der Waals surface area contributed by atoms with Gasteiger partial charge in [-0.2, -0.15) is 0 Å². The van der Waals surface area contributed by atoms with Crippen molar-refractivity contribution < 1.29 is 27.8 Å². The highest BCUT2D eigenvalue weighted by atomic mass is 19.4. The number of carbonyl (C=O) groups is 1. The third kappa shape index (κ3) is 4.75. The molecule has 1 aromatic carbocycles. The molecule has 0 aliphatic heterocycles. The summed E-state index contributed by atoms with van der Waals surface area (Å²) >= 11 is 0. The summed E-state index contributed by atoms with van der Waals surface area (Å²) in [5.74, 6) is -0.406. The fourth-order valence-corrected chi connectivity index (χ4v) is 2.76. The van der Waals surface area contributed by atoms with Crippen LogP contribution in [0.15, 0.2) is 24.3 Å². The molecule has 1 aromatic rings. The Morgan fingerprint density at radius 1 is 1.48 bits per heavy atom. The number of aliphatic hydroxyl groups excluding tert-OH is 1. The van der Waals surface area contributed by atoms with Gasteiger partial charge in [-0.05, 0) is 25.0 Å². The lowest BCUT2D eigenvalue weighted by Gasteiger charge is -2.30. The van der Waals surface area contributed by atoms with Crippen LogP contribution in [-0.2, 0) is 0 Å². The largest absolute Gasteiger partial charge is 0.573 e. The van der Waals surface area contributed by atoms with Gasteiger partial charge in [0, 0.05) is 23.2 Å². The van der Waals surface area contributed by atoms with E-state index in [0.29, 0.717) is 0 Å². The number of carbonyl (C=O) groups excluding carboxylic acids is 1. The van der Waals surface area contributed by atoms with E-state index in [4.69, 9.17) is 0 Å². The molecule has 2 rings (SSSR count). The molecule has 2 atom stereocenters. The first-order chi connectivity index (χ1) is 10.7. The molecule has 3 N–H and O–H groups in total. The molecule has 0 heterocycles. The highest BCUT2D eigenvalue weighted by Crippen LogP contribution is 2.37. The minimum Gasteiger partial charge on any atom is -0.406 e. The van der Waals surface area contributed by atoms with Crippen molar-refractivity contribution in [2.24, 2.45) is 5.41 Å². The first kappa shape index (κ1) is 17.4. The van der Waals surface area contributed by atoms with E-state index >= 15 is 0 Å². The lowest BCUT2D eigenvalue weighted by molar-refractivity contribution is -0.274. The maximum atomic E-state index is 12.2. The maximum absolute atomic E-state index is 12.2. The lowest BCUT2D eigenvalue weighted by atomic mass is 9.86. The van der Waals surface area contributed by atoms with Crippen LogP contribution in [0.5, 0.6) is 5.75 Å². The number of nitrogens with one attached hydrogen (secondary N) is 2. The summed E-state index contributed by atoms with van der Waals surface area (Å²) in [7, 11) is 0. The predicted molar refractivity (Wildman–Crippen MR) is 78.1 cm³/mol. The molecule has 0 spiro atoms. The number of hydrogen-bond donors (Lipinski definition) is 3. The first-order valence-electron chi connectivity index (χ1n) is 7.26. The SMILES string of the molecule is CC1(CO)CCCC1NC(=O)Nc1cccc(OC(F)(F)F)c1. The molecule has 0 saturated heterocycles. The van der Waals surface area contributed by atoms with Crippen LogP contribution in [0.25, 0.3) is 0 Å². The van der Waals surface area contributed by atoms with Gasteiger partial charge in [0.1, 0.15) is 5.75 Å². The average Bonchev–Trinajstić information content (AvgIpc) is 2.79. The van der Waals surface area contributed by atoms with Crippen molar-refractivity contribution in [3.05, 3.63) is 24.3 Å². The Bertz CT molecular complexity index is 565. The molecule has 2 unspecified atom stereocenters. The Morgan fingerprint density at radius 3 is 2.87 bits per heavy atom. The van der Waals surface area contributed by atoms with Crippen molar-refractivity contribution in [2.45, 2.75) is 38.6 Å². The summed E-state index contributed by atoms with van der Waals surface area (Å²) in [5, 5.41) is 14.7. The molecule has 1 saturated carbocycles. The van der Waals surface area contributed by atoms with Crippen molar-refractivity contribution in [3.8, 4) is 5.75 Å². The average molecular weight is 332 g/mol. The van der Waals surface area contributed by atoms with Gasteiger partial charge in [0.05, 0.1) is 6.61 Å². The fourth-order valence-electron chi connectivity index (χ4n) is 2.76. The summed E-state index contributed by atoms with van der Waals surface area (Å²) in [4.78, 5) is 12.0. The zero-order chi connectivity index (χ0) is 17.1. The summed E-state index contributed by atoms with van der Waals surface area (Å²) < 4.78 is 40.4. The summed E-state index contributed by atoms with van der Waals surface area (Å²) in [6.45, 7) is 1.86. The second-order valence-electron chi connectivity index (χ2n) is 5.93. The van der Waals surface area contributed by atoms with E-state index in [1.165, 1.54) is 12.1 Å². The molecule has 0 radical (unpaired) electrons. The molecule has 2 amide bonds. The number of rotatable bonds is 4. The van der Waals surface area contributed by atoms with Crippen LogP contribution in [0, 0.1) is 5.41 Å². The zero-order valence-electron chi connectivity index (χ0n) is 12.6. The number of urea groups is 1. The van der Waals surface area contributed by atoms with Crippen molar-refractivity contribution in [1.82, 2.24) is 5.32 Å². The zero-order valence-corrected chi connectivity index (χ0v) is 12.6. The number of alkyl halides is 3. The molecule has 1 aliphatic rings. The quantitative estimate of drug-likeness (QED) is 0.792. The van der Waals surface area contributed by atoms with Crippen LogP contribution in [-0.4, -0.2) is 30.1 Å². The van der Waals surface area contributed by atoms with Gasteiger partial charge in [0.15, 0.2) is 0 Å². The minimum absolute atomic E-state index is 0.0349. The first-order valence-corrected chi connectivity index (χ1v) is 7.26. The standard InChI is InChI=1S/C15H19F3N2O3/c1-14(9-21)7-3-6-12(14)20-13(22)19-10-4-2-5-11(8-10)23-15(16,17)18/h2,4-5,8,12,21H,3,6-7,9H2,1H3,(H2,19,20,22). The Labute approximate surface area is 131 Å². The van der Waals surface area contributed by atoms with Crippen molar-refractivity contribution in [3.63, 3.8) is 0 Å². The van der Waals surface area contributed by atoms with Gasteiger partial charge in [0.2, 0.25) is 0 Å². The maximum Gasteiger partial charge on any atom is 0.573 e. The van der Waals surface area contributed by atoms with E-state index in [1.807, 2.05) is 6.92 Å². The van der Waals surface area contributed by atoms with Gasteiger partial charge in [-0.15, -0.1) is 13.2 Å². The summed E-state index contributed by atoms with van der Waals surface area (Å²) in [6.07, 6.45) is -2.32. The van der Waals surface area contributed by atoms with E-state index in [-0.39, 0.29) is 23.8 Å². The van der Waals surface area contributed by atoms with Crippen LogP contribution < -0.4 is 15.4 Å². The highest BCUT2D eigenvalue weighted by Gasteiger charge is 2.39. The number of ether oxygens (including phenoxy) is 1. The van der Waals surface area contributed by atoms with Gasteiger partial charge >= 0.3 is 12.4 Å². The molecule has 1 aliphatic carbocycles. The van der Waals surface area contributed by atoms with E-state index in [0.717, 1.165) is 31.4 Å². The van der Waals surface area contributed by atoms with Crippen molar-refractivity contribution >= 4 is 11.7 Å². The number of aliphatic hydroxyl groups is 1. The smallest absolute Gasteiger partial charge is 0.406 e. The lowest BCUT2D eigenvalue weighted by Crippen LogP contribution is -2.46. The van der Waals surface area contributed by atoms with E-state index in [1.54, 1.807) is 0 Å². The van der Waals surface area contributed by atoms with Gasteiger partial charge in [-0.25, -0.2) is 4.79 Å². The molecular formula is C15H19F3N2O3. The van der Waals surface area contributed by atoms with Gasteiger partial charge in [0.25, 0.3) is 0 Å². The topological polar surface area (TPSA) is 70.6 Å². The fraction of sp³-hybridized carbons (Fsp3) is 0.533. The monoisotopic (exact) mass is 332 g/mol. The molecule has 8 heteroatoms. The van der Waals surface area contributed by atoms with Crippen LogP contribution in [0.1, 0.15) is 26.2 Å². The second kappa shape index (κ2) is 6.66. The van der Waals surface area contributed by atoms with E-state index in [9.17, 15) is 23.1 Å². The van der Waals surface area contributed by atoms with Crippen molar-refractivity contribution in [1.29, 1.82) is 0 Å². The number of amides is 2. The number of halogens is 3. The van der Waals surface area contributed by atoms with Crippen LogP contribution >= 0.6 is 0 Å². The molecule has 0 aromatic heterocycles. The molecule has 23 heavy (non-hydrogen) atoms. The van der Waals surface area contributed by atoms with Crippen LogP contribution in [0.4, 0.5) is 23.7 Å². The van der Waals surface area contributed by atoms with Crippen molar-refractivity contribution in [2.75, 3.05) is 11.9 Å². The summed E-state index contributed by atoms with van der Waals surface area (Å²) in [5.41, 5.74) is -0.188. The Morgan fingerprint density at radius 2 is 2.22 bits per heavy atom. The Balaban J connectivity index is 1.97. The molecule has 128 valence electrons. The van der Waals surface area contributed by atoms with E-state index < -0.39 is 18.1 Å². The molecule has 0 bridgehead atoms. The van der Waals surface area contributed by atoms with Crippen LogP contribution in [0.3, 0.4) is 0 Å². The highest BCUT2D eigenvalue weighted by molar-refractivity contribution is 5.89. The molecular weight excluding hydrogens is 313 g/mol. The normalized spacial score (nSPS) is 24.3. The van der Waals surface area contributed by atoms with E-state index in [2.05, 4.69) is 15.4 Å². The number of hydrogen-bond acceptors (Lipinski definition) is 3. The minimum atomic E-state index is -4.78. The number of benzene rings is 1. The second-order valence-corrected chi connectivity index (χ2v) is 5.93. The van der Waals surface area contributed by atoms with Gasteiger partial charge in [-0.1, -0.05) is 19.4 Å². The molecule has 5 nitrogen and oxygen atoms in total.